The van der Waals surface area contributed by atoms with Crippen LogP contribution in [0.5, 0.6) is 0 Å². The summed E-state index contributed by atoms with van der Waals surface area (Å²) in [5.74, 6) is 0.775. The zero-order valence-electron chi connectivity index (χ0n) is 14.6. The van der Waals surface area contributed by atoms with E-state index in [0.717, 1.165) is 22.7 Å². The van der Waals surface area contributed by atoms with Crippen LogP contribution in [-0.2, 0) is 6.54 Å². The lowest BCUT2D eigenvalue weighted by atomic mass is 10.3. The fourth-order valence-corrected chi connectivity index (χ4v) is 3.61. The SMILES string of the molecule is CC(O)CNc1nc2ccccc2n1Cc1ccn(C2CCCC2)n1. The van der Waals surface area contributed by atoms with Crippen molar-refractivity contribution in [1.29, 1.82) is 0 Å². The molecule has 132 valence electrons. The van der Waals surface area contributed by atoms with Gasteiger partial charge in [0.25, 0.3) is 0 Å². The van der Waals surface area contributed by atoms with Gasteiger partial charge in [-0.05, 0) is 38.0 Å². The highest BCUT2D eigenvalue weighted by atomic mass is 16.3. The number of aromatic nitrogens is 4. The van der Waals surface area contributed by atoms with Gasteiger partial charge in [0.1, 0.15) is 0 Å². The summed E-state index contributed by atoms with van der Waals surface area (Å²) >= 11 is 0. The van der Waals surface area contributed by atoms with Gasteiger partial charge in [-0.1, -0.05) is 25.0 Å². The summed E-state index contributed by atoms with van der Waals surface area (Å²) in [5, 5.41) is 17.6. The van der Waals surface area contributed by atoms with Crippen LogP contribution in [0.3, 0.4) is 0 Å². The second-order valence-corrected chi connectivity index (χ2v) is 6.97. The van der Waals surface area contributed by atoms with Crippen LogP contribution >= 0.6 is 0 Å². The highest BCUT2D eigenvalue weighted by molar-refractivity contribution is 5.78. The summed E-state index contributed by atoms with van der Waals surface area (Å²) in [4.78, 5) is 4.67. The Morgan fingerprint density at radius 1 is 1.24 bits per heavy atom. The first kappa shape index (κ1) is 16.1. The summed E-state index contributed by atoms with van der Waals surface area (Å²) in [6.45, 7) is 2.91. The molecule has 25 heavy (non-hydrogen) atoms. The average molecular weight is 339 g/mol. The third-order valence-electron chi connectivity index (χ3n) is 4.89. The van der Waals surface area contributed by atoms with E-state index in [2.05, 4.69) is 37.9 Å². The Kier molecular flexibility index (Phi) is 4.44. The van der Waals surface area contributed by atoms with E-state index in [0.29, 0.717) is 19.1 Å². The van der Waals surface area contributed by atoms with Gasteiger partial charge in [-0.15, -0.1) is 0 Å². The molecule has 0 aliphatic heterocycles. The molecular formula is C19H25N5O. The van der Waals surface area contributed by atoms with Gasteiger partial charge in [0, 0.05) is 12.7 Å². The topological polar surface area (TPSA) is 67.9 Å². The Morgan fingerprint density at radius 3 is 2.84 bits per heavy atom. The predicted octanol–water partition coefficient (Wildman–Crippen LogP) is 3.19. The van der Waals surface area contributed by atoms with Gasteiger partial charge in [0.05, 0.1) is 35.4 Å². The number of rotatable bonds is 6. The molecule has 0 bridgehead atoms. The van der Waals surface area contributed by atoms with Crippen molar-refractivity contribution in [3.63, 3.8) is 0 Å². The molecule has 1 saturated carbocycles. The summed E-state index contributed by atoms with van der Waals surface area (Å²) < 4.78 is 4.27. The lowest BCUT2D eigenvalue weighted by Gasteiger charge is -2.11. The van der Waals surface area contributed by atoms with Gasteiger partial charge in [-0.3, -0.25) is 4.68 Å². The number of anilines is 1. The summed E-state index contributed by atoms with van der Waals surface area (Å²) in [7, 11) is 0. The number of hydrogen-bond acceptors (Lipinski definition) is 4. The van der Waals surface area contributed by atoms with Crippen molar-refractivity contribution in [2.24, 2.45) is 0 Å². The van der Waals surface area contributed by atoms with Crippen LogP contribution in [0.1, 0.15) is 44.3 Å². The molecule has 6 nitrogen and oxygen atoms in total. The van der Waals surface area contributed by atoms with Crippen molar-refractivity contribution in [1.82, 2.24) is 19.3 Å². The van der Waals surface area contributed by atoms with E-state index in [1.807, 2.05) is 18.2 Å². The highest BCUT2D eigenvalue weighted by Gasteiger charge is 2.18. The molecule has 1 aromatic carbocycles. The molecule has 2 aromatic heterocycles. The standard InChI is InChI=1S/C19H25N5O/c1-14(25)12-20-19-21-17-8-4-5-9-18(17)23(19)13-15-10-11-24(22-15)16-6-2-3-7-16/h4-5,8-11,14,16,25H,2-3,6-7,12-13H2,1H3,(H,20,21). The molecular weight excluding hydrogens is 314 g/mol. The third-order valence-corrected chi connectivity index (χ3v) is 4.89. The smallest absolute Gasteiger partial charge is 0.204 e. The lowest BCUT2D eigenvalue weighted by Crippen LogP contribution is -2.18. The second kappa shape index (κ2) is 6.88. The molecule has 4 rings (SSSR count). The fraction of sp³-hybridized carbons (Fsp3) is 0.474. The van der Waals surface area contributed by atoms with Gasteiger partial charge in [-0.25, -0.2) is 4.98 Å². The van der Waals surface area contributed by atoms with Gasteiger partial charge >= 0.3 is 0 Å². The van der Waals surface area contributed by atoms with Crippen molar-refractivity contribution in [3.05, 3.63) is 42.2 Å². The number of aliphatic hydroxyl groups excluding tert-OH is 1. The molecule has 1 atom stereocenters. The van der Waals surface area contributed by atoms with Crippen molar-refractivity contribution >= 4 is 17.0 Å². The Labute approximate surface area is 147 Å². The number of nitrogens with zero attached hydrogens (tertiary/aromatic N) is 4. The zero-order valence-corrected chi connectivity index (χ0v) is 14.6. The van der Waals surface area contributed by atoms with E-state index < -0.39 is 6.10 Å². The number of aliphatic hydroxyl groups is 1. The van der Waals surface area contributed by atoms with Crippen molar-refractivity contribution in [3.8, 4) is 0 Å². The number of nitrogens with one attached hydrogen (secondary N) is 1. The minimum Gasteiger partial charge on any atom is -0.392 e. The van der Waals surface area contributed by atoms with Gasteiger partial charge in [0.2, 0.25) is 5.95 Å². The van der Waals surface area contributed by atoms with Crippen LogP contribution in [0, 0.1) is 0 Å². The minimum absolute atomic E-state index is 0.421. The Hall–Kier alpha value is -2.34. The fourth-order valence-electron chi connectivity index (χ4n) is 3.61. The molecule has 1 aliphatic rings. The highest BCUT2D eigenvalue weighted by Crippen LogP contribution is 2.29. The first-order valence-corrected chi connectivity index (χ1v) is 9.12. The lowest BCUT2D eigenvalue weighted by molar-refractivity contribution is 0.208. The average Bonchev–Trinajstić information content (AvgIpc) is 3.33. The van der Waals surface area contributed by atoms with Crippen molar-refractivity contribution < 1.29 is 5.11 Å². The number of benzene rings is 1. The monoisotopic (exact) mass is 339 g/mol. The number of para-hydroxylation sites is 2. The molecule has 1 unspecified atom stereocenters. The van der Waals surface area contributed by atoms with Crippen LogP contribution in [0.15, 0.2) is 36.5 Å². The van der Waals surface area contributed by atoms with E-state index in [4.69, 9.17) is 5.10 Å². The molecule has 6 heteroatoms. The van der Waals surface area contributed by atoms with Gasteiger partial charge < -0.3 is 15.0 Å². The van der Waals surface area contributed by atoms with Crippen LogP contribution < -0.4 is 5.32 Å². The Morgan fingerprint density at radius 2 is 2.04 bits per heavy atom. The molecule has 0 spiro atoms. The molecule has 0 saturated heterocycles. The van der Waals surface area contributed by atoms with E-state index in [-0.39, 0.29) is 0 Å². The number of hydrogen-bond donors (Lipinski definition) is 2. The van der Waals surface area contributed by atoms with Crippen LogP contribution in [0.2, 0.25) is 0 Å². The maximum Gasteiger partial charge on any atom is 0.204 e. The maximum absolute atomic E-state index is 9.58. The predicted molar refractivity (Wildman–Crippen MR) is 98.7 cm³/mol. The normalized spacial score (nSPS) is 16.6. The maximum atomic E-state index is 9.58. The van der Waals surface area contributed by atoms with E-state index in [1.54, 1.807) is 6.92 Å². The molecule has 2 N–H and O–H groups in total. The Bertz CT molecular complexity index is 844. The second-order valence-electron chi connectivity index (χ2n) is 6.97. The molecule has 1 fully saturated rings. The van der Waals surface area contributed by atoms with Gasteiger partial charge in [0.15, 0.2) is 0 Å². The quantitative estimate of drug-likeness (QED) is 0.724. The number of fused-ring (bicyclic) bond motifs is 1. The van der Waals surface area contributed by atoms with Crippen molar-refractivity contribution in [2.45, 2.75) is 51.3 Å². The molecule has 2 heterocycles. The Balaban J connectivity index is 1.62. The largest absolute Gasteiger partial charge is 0.392 e. The first-order valence-electron chi connectivity index (χ1n) is 9.12. The zero-order chi connectivity index (χ0) is 17.2. The summed E-state index contributed by atoms with van der Waals surface area (Å²) in [6.07, 6.45) is 6.76. The molecule has 0 amide bonds. The van der Waals surface area contributed by atoms with Crippen LogP contribution in [0.25, 0.3) is 11.0 Å². The third kappa shape index (κ3) is 3.39. The van der Waals surface area contributed by atoms with Gasteiger partial charge in [-0.2, -0.15) is 5.10 Å². The van der Waals surface area contributed by atoms with Crippen molar-refractivity contribution in [2.75, 3.05) is 11.9 Å². The van der Waals surface area contributed by atoms with E-state index in [1.165, 1.54) is 25.7 Å². The summed E-state index contributed by atoms with van der Waals surface area (Å²) in [6, 6.07) is 10.8. The number of imidazole rings is 1. The minimum atomic E-state index is -0.421. The molecule has 0 radical (unpaired) electrons. The summed E-state index contributed by atoms with van der Waals surface area (Å²) in [5.41, 5.74) is 3.06. The van der Waals surface area contributed by atoms with Crippen LogP contribution in [0.4, 0.5) is 5.95 Å². The molecule has 3 aromatic rings. The first-order chi connectivity index (χ1) is 12.2. The molecule has 1 aliphatic carbocycles. The van der Waals surface area contributed by atoms with E-state index in [9.17, 15) is 5.11 Å². The van der Waals surface area contributed by atoms with E-state index >= 15 is 0 Å². The van der Waals surface area contributed by atoms with Crippen LogP contribution in [-0.4, -0.2) is 37.1 Å².